The van der Waals surface area contributed by atoms with Gasteiger partial charge in [0.15, 0.2) is 0 Å². The zero-order chi connectivity index (χ0) is 12.6. The summed E-state index contributed by atoms with van der Waals surface area (Å²) in [7, 11) is 0. The average Bonchev–Trinajstić information content (AvgIpc) is 2.35. The van der Waals surface area contributed by atoms with Gasteiger partial charge in [-0.05, 0) is 25.7 Å². The molecule has 0 amide bonds. The van der Waals surface area contributed by atoms with E-state index in [0.717, 1.165) is 12.8 Å². The smallest absolute Gasteiger partial charge is 0.0465 e. The van der Waals surface area contributed by atoms with E-state index in [1.807, 2.05) is 6.08 Å². The van der Waals surface area contributed by atoms with Gasteiger partial charge in [0.2, 0.25) is 0 Å². The fourth-order valence-electron chi connectivity index (χ4n) is 1.80. The van der Waals surface area contributed by atoms with Crippen molar-refractivity contribution in [2.45, 2.75) is 71.1 Å². The Labute approximate surface area is 108 Å². The summed E-state index contributed by atoms with van der Waals surface area (Å²) in [5, 5.41) is 8.57. The largest absolute Gasteiger partial charge is 0.396 e. The molecular formula is C16H30O. The number of hydrogen-bond donors (Lipinski definition) is 1. The predicted octanol–water partition coefficient (Wildman–Crippen LogP) is 5.01. The minimum atomic E-state index is 0.262. The van der Waals surface area contributed by atoms with Crippen LogP contribution < -0.4 is 0 Å². The van der Waals surface area contributed by atoms with Crippen molar-refractivity contribution in [2.75, 3.05) is 6.61 Å². The molecule has 0 fully saturated rings. The van der Waals surface area contributed by atoms with Crippen molar-refractivity contribution < 1.29 is 5.11 Å². The summed E-state index contributed by atoms with van der Waals surface area (Å²) < 4.78 is 0. The molecule has 0 aliphatic heterocycles. The number of hydrogen-bond acceptors (Lipinski definition) is 1. The molecule has 0 saturated carbocycles. The minimum absolute atomic E-state index is 0.262. The lowest BCUT2D eigenvalue weighted by Crippen LogP contribution is -1.78. The molecule has 1 heteroatoms. The SMILES string of the molecule is CCCCCCCCC/C=C/C/C=C/CCO. The Balaban J connectivity index is 3.08. The first-order chi connectivity index (χ1) is 8.41. The van der Waals surface area contributed by atoms with Crippen LogP contribution in [0.2, 0.25) is 0 Å². The molecular weight excluding hydrogens is 208 g/mol. The molecule has 0 rings (SSSR count). The number of unbranched alkanes of at least 4 members (excludes halogenated alkanes) is 7. The van der Waals surface area contributed by atoms with Crippen molar-refractivity contribution in [3.63, 3.8) is 0 Å². The van der Waals surface area contributed by atoms with E-state index in [4.69, 9.17) is 5.11 Å². The number of allylic oxidation sites excluding steroid dienone is 3. The lowest BCUT2D eigenvalue weighted by Gasteiger charge is -1.98. The zero-order valence-electron chi connectivity index (χ0n) is 11.5. The third-order valence-electron chi connectivity index (χ3n) is 2.88. The Bertz CT molecular complexity index is 182. The standard InChI is InChI=1S/C16H30O/c1-2-3-4-5-6-7-8-9-10-11-12-13-14-15-16-17/h10-11,13-14,17H,2-9,12,15-16H2,1H3/b11-10+,14-13+. The first-order valence-corrected chi connectivity index (χ1v) is 7.32. The van der Waals surface area contributed by atoms with E-state index in [-0.39, 0.29) is 6.61 Å². The average molecular weight is 238 g/mol. The maximum absolute atomic E-state index is 8.57. The summed E-state index contributed by atoms with van der Waals surface area (Å²) in [6.45, 7) is 2.53. The molecule has 0 aromatic heterocycles. The molecule has 0 saturated heterocycles. The second kappa shape index (κ2) is 15.4. The number of aliphatic hydroxyl groups excluding tert-OH is 1. The number of aliphatic hydroxyl groups is 1. The summed E-state index contributed by atoms with van der Waals surface area (Å²) in [5.41, 5.74) is 0. The zero-order valence-corrected chi connectivity index (χ0v) is 11.5. The molecule has 0 aliphatic rings. The van der Waals surface area contributed by atoms with Crippen LogP contribution in [-0.2, 0) is 0 Å². The third kappa shape index (κ3) is 15.4. The van der Waals surface area contributed by atoms with Crippen molar-refractivity contribution in [3.05, 3.63) is 24.3 Å². The fraction of sp³-hybridized carbons (Fsp3) is 0.750. The summed E-state index contributed by atoms with van der Waals surface area (Å²) in [4.78, 5) is 0. The second-order valence-corrected chi connectivity index (χ2v) is 4.60. The Hall–Kier alpha value is -0.560. The lowest BCUT2D eigenvalue weighted by atomic mass is 10.1. The molecule has 0 heterocycles. The molecule has 1 nitrogen and oxygen atoms in total. The van der Waals surface area contributed by atoms with E-state index in [2.05, 4.69) is 25.2 Å². The van der Waals surface area contributed by atoms with E-state index >= 15 is 0 Å². The van der Waals surface area contributed by atoms with Crippen molar-refractivity contribution in [2.24, 2.45) is 0 Å². The molecule has 17 heavy (non-hydrogen) atoms. The van der Waals surface area contributed by atoms with Crippen LogP contribution in [0.15, 0.2) is 24.3 Å². The fourth-order valence-corrected chi connectivity index (χ4v) is 1.80. The van der Waals surface area contributed by atoms with Gasteiger partial charge in [-0.15, -0.1) is 0 Å². The van der Waals surface area contributed by atoms with Crippen LogP contribution in [-0.4, -0.2) is 11.7 Å². The second-order valence-electron chi connectivity index (χ2n) is 4.60. The molecule has 0 atom stereocenters. The van der Waals surface area contributed by atoms with Crippen LogP contribution in [0.25, 0.3) is 0 Å². The van der Waals surface area contributed by atoms with Crippen molar-refractivity contribution in [1.29, 1.82) is 0 Å². The van der Waals surface area contributed by atoms with Gasteiger partial charge in [-0.1, -0.05) is 69.8 Å². The van der Waals surface area contributed by atoms with Crippen LogP contribution >= 0.6 is 0 Å². The maximum Gasteiger partial charge on any atom is 0.0465 e. The lowest BCUT2D eigenvalue weighted by molar-refractivity contribution is 0.302. The summed E-state index contributed by atoms with van der Waals surface area (Å²) >= 11 is 0. The molecule has 0 aromatic carbocycles. The van der Waals surface area contributed by atoms with Gasteiger partial charge in [0.05, 0.1) is 0 Å². The molecule has 0 bridgehead atoms. The van der Waals surface area contributed by atoms with Crippen LogP contribution in [0, 0.1) is 0 Å². The van der Waals surface area contributed by atoms with Crippen LogP contribution in [0.4, 0.5) is 0 Å². The van der Waals surface area contributed by atoms with E-state index in [1.54, 1.807) is 0 Å². The Kier molecular flexibility index (Phi) is 14.9. The molecule has 0 spiro atoms. The van der Waals surface area contributed by atoms with Crippen molar-refractivity contribution in [3.8, 4) is 0 Å². The van der Waals surface area contributed by atoms with Crippen LogP contribution in [0.3, 0.4) is 0 Å². The Morgan fingerprint density at radius 1 is 0.706 bits per heavy atom. The van der Waals surface area contributed by atoms with Gasteiger partial charge in [0, 0.05) is 6.61 Å². The van der Waals surface area contributed by atoms with Gasteiger partial charge in [0.25, 0.3) is 0 Å². The maximum atomic E-state index is 8.57. The third-order valence-corrected chi connectivity index (χ3v) is 2.88. The molecule has 1 N–H and O–H groups in total. The topological polar surface area (TPSA) is 20.2 Å². The van der Waals surface area contributed by atoms with Gasteiger partial charge in [-0.3, -0.25) is 0 Å². The highest BCUT2D eigenvalue weighted by atomic mass is 16.2. The van der Waals surface area contributed by atoms with Gasteiger partial charge >= 0.3 is 0 Å². The quantitative estimate of drug-likeness (QED) is 0.374. The molecule has 0 aromatic rings. The van der Waals surface area contributed by atoms with Gasteiger partial charge < -0.3 is 5.11 Å². The van der Waals surface area contributed by atoms with Crippen LogP contribution in [0.5, 0.6) is 0 Å². The highest BCUT2D eigenvalue weighted by Gasteiger charge is 1.88. The van der Waals surface area contributed by atoms with Gasteiger partial charge in [0.1, 0.15) is 0 Å². The summed E-state index contributed by atoms with van der Waals surface area (Å²) in [6.07, 6.45) is 21.4. The Morgan fingerprint density at radius 3 is 1.94 bits per heavy atom. The number of rotatable bonds is 12. The normalized spacial score (nSPS) is 11.9. The van der Waals surface area contributed by atoms with Crippen LogP contribution in [0.1, 0.15) is 71.1 Å². The highest BCUT2D eigenvalue weighted by Crippen LogP contribution is 2.08. The minimum Gasteiger partial charge on any atom is -0.396 e. The first-order valence-electron chi connectivity index (χ1n) is 7.32. The van der Waals surface area contributed by atoms with E-state index in [9.17, 15) is 0 Å². The summed E-state index contributed by atoms with van der Waals surface area (Å²) in [6, 6.07) is 0. The Morgan fingerprint density at radius 2 is 1.29 bits per heavy atom. The highest BCUT2D eigenvalue weighted by molar-refractivity contribution is 4.92. The first kappa shape index (κ1) is 16.4. The van der Waals surface area contributed by atoms with Gasteiger partial charge in [-0.2, -0.15) is 0 Å². The van der Waals surface area contributed by atoms with Crippen molar-refractivity contribution >= 4 is 0 Å². The van der Waals surface area contributed by atoms with E-state index in [0.29, 0.717) is 0 Å². The van der Waals surface area contributed by atoms with E-state index in [1.165, 1.54) is 51.4 Å². The predicted molar refractivity (Wildman–Crippen MR) is 77.2 cm³/mol. The molecule has 0 unspecified atom stereocenters. The van der Waals surface area contributed by atoms with Crippen molar-refractivity contribution in [1.82, 2.24) is 0 Å². The monoisotopic (exact) mass is 238 g/mol. The molecule has 100 valence electrons. The summed E-state index contributed by atoms with van der Waals surface area (Å²) in [5.74, 6) is 0. The van der Waals surface area contributed by atoms with Gasteiger partial charge in [-0.25, -0.2) is 0 Å². The molecule has 0 aliphatic carbocycles. The molecule has 0 radical (unpaired) electrons. The van der Waals surface area contributed by atoms with E-state index < -0.39 is 0 Å².